The van der Waals surface area contributed by atoms with E-state index < -0.39 is 59.3 Å². The third-order valence-electron chi connectivity index (χ3n) is 5.88. The average molecular weight is 509 g/mol. The van der Waals surface area contributed by atoms with Gasteiger partial charge in [-0.15, -0.1) is 0 Å². The van der Waals surface area contributed by atoms with E-state index in [2.05, 4.69) is 20.0 Å². The maximum atomic E-state index is 11.7. The molecule has 16 nitrogen and oxygen atoms in total. The maximum absolute atomic E-state index is 11.7. The third-order valence-corrected chi connectivity index (χ3v) is 5.88. The minimum Gasteiger partial charge on any atom is -0.394 e. The Morgan fingerprint density at radius 2 is 1.42 bits per heavy atom. The number of aromatic amines is 2. The molecule has 0 aliphatic carbocycles. The summed E-state index contributed by atoms with van der Waals surface area (Å²) in [5.74, 6) is 0. The first-order valence-electron chi connectivity index (χ1n) is 11.0. The summed E-state index contributed by atoms with van der Waals surface area (Å²) in [7, 11) is 0. The van der Waals surface area contributed by atoms with Crippen molar-refractivity contribution in [3.63, 3.8) is 0 Å². The summed E-state index contributed by atoms with van der Waals surface area (Å²) >= 11 is 0. The first-order valence-corrected chi connectivity index (χ1v) is 11.0. The summed E-state index contributed by atoms with van der Waals surface area (Å²) in [4.78, 5) is 52.8. The fraction of sp³-hybridized carbons (Fsp3) is 0.600. The van der Waals surface area contributed by atoms with Crippen LogP contribution in [-0.4, -0.2) is 72.0 Å². The molecule has 5 N–H and O–H groups in total. The van der Waals surface area contributed by atoms with Crippen molar-refractivity contribution in [3.8, 4) is 0 Å². The zero-order valence-corrected chi connectivity index (χ0v) is 19.5. The molecule has 0 unspecified atom stereocenters. The van der Waals surface area contributed by atoms with Gasteiger partial charge in [0, 0.05) is 41.3 Å². The van der Waals surface area contributed by atoms with Gasteiger partial charge >= 0.3 is 11.4 Å². The van der Waals surface area contributed by atoms with E-state index in [-0.39, 0.29) is 26.1 Å². The van der Waals surface area contributed by atoms with Gasteiger partial charge in [-0.25, -0.2) is 9.59 Å². The summed E-state index contributed by atoms with van der Waals surface area (Å²) in [5.41, 5.74) is 7.11. The van der Waals surface area contributed by atoms with Crippen molar-refractivity contribution in [2.24, 2.45) is 5.11 Å². The fourth-order valence-electron chi connectivity index (χ4n) is 3.89. The third kappa shape index (κ3) is 5.81. The number of aliphatic hydroxyl groups excluding tert-OH is 3. The van der Waals surface area contributed by atoms with E-state index in [1.807, 2.05) is 0 Å². The molecule has 16 heteroatoms. The topological polar surface area (TPSA) is 238 Å². The smallest absolute Gasteiger partial charge is 0.330 e. The number of aliphatic hydroxyl groups is 3. The highest BCUT2D eigenvalue weighted by molar-refractivity contribution is 5.03. The van der Waals surface area contributed by atoms with Gasteiger partial charge in [-0.1, -0.05) is 5.11 Å². The van der Waals surface area contributed by atoms with E-state index in [1.54, 1.807) is 13.8 Å². The second-order valence-corrected chi connectivity index (χ2v) is 8.39. The monoisotopic (exact) mass is 509 g/mol. The highest BCUT2D eigenvalue weighted by Gasteiger charge is 2.36. The number of nitrogens with zero attached hydrogens (tertiary/aromatic N) is 5. The van der Waals surface area contributed by atoms with Crippen molar-refractivity contribution >= 4 is 0 Å². The number of H-pyrrole nitrogens is 2. The van der Waals surface area contributed by atoms with Crippen LogP contribution >= 0.6 is 0 Å². The van der Waals surface area contributed by atoms with Gasteiger partial charge in [-0.3, -0.25) is 28.7 Å². The Bertz CT molecular complexity index is 1360. The number of hydrogen-bond donors (Lipinski definition) is 5. The normalized spacial score (nSPS) is 27.2. The molecular formula is C20H27N7O9. The van der Waals surface area contributed by atoms with Gasteiger partial charge in [0.05, 0.1) is 31.5 Å². The van der Waals surface area contributed by atoms with E-state index >= 15 is 0 Å². The van der Waals surface area contributed by atoms with Gasteiger partial charge in [-0.2, -0.15) is 0 Å². The van der Waals surface area contributed by atoms with Crippen molar-refractivity contribution in [1.29, 1.82) is 0 Å². The Kier molecular flexibility index (Phi) is 8.62. The first-order chi connectivity index (χ1) is 17.1. The number of ether oxygens (including phenoxy) is 2. The number of hydrogen-bond acceptors (Lipinski definition) is 10. The lowest BCUT2D eigenvalue weighted by molar-refractivity contribution is -0.0459. The lowest BCUT2D eigenvalue weighted by Crippen LogP contribution is -2.33. The van der Waals surface area contributed by atoms with Crippen LogP contribution in [0.3, 0.4) is 0 Å². The molecule has 2 aromatic heterocycles. The second-order valence-electron chi connectivity index (χ2n) is 8.39. The number of aromatic nitrogens is 4. The van der Waals surface area contributed by atoms with Gasteiger partial charge in [0.2, 0.25) is 0 Å². The van der Waals surface area contributed by atoms with Gasteiger partial charge in [-0.05, 0) is 19.4 Å². The van der Waals surface area contributed by atoms with Gasteiger partial charge < -0.3 is 24.8 Å². The number of nitrogens with one attached hydrogen (secondary N) is 2. The van der Waals surface area contributed by atoms with Crippen LogP contribution in [0.5, 0.6) is 0 Å². The fourth-order valence-corrected chi connectivity index (χ4v) is 3.89. The Morgan fingerprint density at radius 3 is 1.86 bits per heavy atom. The molecule has 4 heterocycles. The standard InChI is InChI=1S/C10H13N5O4.C10H14N2O5/c1-5-3-15(10(18)12-9(5)17)8-2-6(13-14-11)7(4-16)19-8;1-5-3-12(10(16)11-9(5)15)8-2-6(14)7(4-13)17-8/h3,6-8,16H,2,4H2,1H3,(H,12,17,18);3,6-8,13-14H,2,4H2,1H3,(H,11,15,16)/t2*6-,7+,8+/m00/s1. The molecule has 2 aliphatic rings. The predicted octanol–water partition coefficient (Wildman–Crippen LogP) is -1.71. The summed E-state index contributed by atoms with van der Waals surface area (Å²) in [6.45, 7) is 2.52. The molecule has 0 radical (unpaired) electrons. The molecule has 2 aliphatic heterocycles. The van der Waals surface area contributed by atoms with Crippen molar-refractivity contribution in [2.45, 2.75) is 63.5 Å². The minimum atomic E-state index is -0.816. The van der Waals surface area contributed by atoms with Crippen LogP contribution in [0.1, 0.15) is 36.4 Å². The van der Waals surface area contributed by atoms with Gasteiger partial charge in [0.1, 0.15) is 18.6 Å². The quantitative estimate of drug-likeness (QED) is 0.175. The zero-order valence-electron chi connectivity index (χ0n) is 19.5. The Balaban J connectivity index is 0.000000202. The Labute approximate surface area is 202 Å². The molecule has 0 saturated carbocycles. The van der Waals surface area contributed by atoms with E-state index in [9.17, 15) is 24.3 Å². The van der Waals surface area contributed by atoms with Crippen LogP contribution in [0, 0.1) is 13.8 Å². The molecule has 2 saturated heterocycles. The van der Waals surface area contributed by atoms with E-state index in [4.69, 9.17) is 25.2 Å². The highest BCUT2D eigenvalue weighted by atomic mass is 16.5. The molecule has 2 aromatic rings. The second kappa shape index (κ2) is 11.5. The molecule has 0 aromatic carbocycles. The van der Waals surface area contributed by atoms with Crippen molar-refractivity contribution in [2.75, 3.05) is 13.2 Å². The molecule has 6 atom stereocenters. The lowest BCUT2D eigenvalue weighted by atomic mass is 10.1. The molecule has 4 rings (SSSR count). The van der Waals surface area contributed by atoms with Crippen LogP contribution in [0.15, 0.2) is 36.7 Å². The number of aryl methyl sites for hydroxylation is 2. The largest absolute Gasteiger partial charge is 0.394 e. The maximum Gasteiger partial charge on any atom is 0.330 e. The first kappa shape index (κ1) is 27.1. The molecule has 0 amide bonds. The van der Waals surface area contributed by atoms with Crippen molar-refractivity contribution in [3.05, 3.63) is 75.6 Å². The van der Waals surface area contributed by atoms with Crippen LogP contribution in [0.2, 0.25) is 0 Å². The van der Waals surface area contributed by atoms with E-state index in [0.717, 1.165) is 0 Å². The van der Waals surface area contributed by atoms with Crippen molar-refractivity contribution in [1.82, 2.24) is 19.1 Å². The van der Waals surface area contributed by atoms with Gasteiger partial charge in [0.25, 0.3) is 11.1 Å². The van der Waals surface area contributed by atoms with Crippen LogP contribution in [-0.2, 0) is 9.47 Å². The van der Waals surface area contributed by atoms with E-state index in [0.29, 0.717) is 11.1 Å². The van der Waals surface area contributed by atoms with Crippen molar-refractivity contribution < 1.29 is 24.8 Å². The molecule has 196 valence electrons. The molecule has 0 spiro atoms. The average Bonchev–Trinajstić information content (AvgIpc) is 3.42. The minimum absolute atomic E-state index is 0.205. The SMILES string of the molecule is Cc1cn([C@H]2C[C@H](N=[N+]=[N-])[C@@H](CO)O2)c(=O)[nH]c1=O.Cc1cn([C@H]2C[C@H](O)[C@@H](CO)O2)c(=O)[nH]c1=O. The zero-order chi connectivity index (χ0) is 26.6. The lowest BCUT2D eigenvalue weighted by Gasteiger charge is -2.14. The Hall–Kier alpha value is -3.53. The van der Waals surface area contributed by atoms with Crippen LogP contribution < -0.4 is 22.5 Å². The molecule has 2 fully saturated rings. The van der Waals surface area contributed by atoms with Gasteiger partial charge in [0.15, 0.2) is 0 Å². The van der Waals surface area contributed by atoms with Crippen LogP contribution in [0.4, 0.5) is 0 Å². The number of rotatable bonds is 5. The van der Waals surface area contributed by atoms with Crippen LogP contribution in [0.25, 0.3) is 10.4 Å². The summed E-state index contributed by atoms with van der Waals surface area (Å²) in [5, 5.41) is 31.2. The predicted molar refractivity (Wildman–Crippen MR) is 122 cm³/mol. The summed E-state index contributed by atoms with van der Waals surface area (Å²) < 4.78 is 13.2. The summed E-state index contributed by atoms with van der Waals surface area (Å²) in [6.07, 6.45) is -0.252. The number of azide groups is 1. The Morgan fingerprint density at radius 1 is 0.944 bits per heavy atom. The highest BCUT2D eigenvalue weighted by Crippen LogP contribution is 2.30. The van der Waals surface area contributed by atoms with E-state index in [1.165, 1.54) is 21.5 Å². The summed E-state index contributed by atoms with van der Waals surface area (Å²) in [6, 6.07) is -0.542. The molecule has 0 bridgehead atoms. The molecule has 36 heavy (non-hydrogen) atoms. The molecular weight excluding hydrogens is 482 g/mol.